The highest BCUT2D eigenvalue weighted by molar-refractivity contribution is 6.31. The molecule has 2 aromatic heterocycles. The normalized spacial score (nSPS) is 10.6. The minimum atomic E-state index is 0.699. The van der Waals surface area contributed by atoms with Crippen molar-refractivity contribution in [3.8, 4) is 5.69 Å². The number of aromatic amines is 1. The predicted octanol–water partition coefficient (Wildman–Crippen LogP) is 3.47. The maximum atomic E-state index is 6.06. The summed E-state index contributed by atoms with van der Waals surface area (Å²) in [6.45, 7) is 0.710. The van der Waals surface area contributed by atoms with Gasteiger partial charge in [-0.15, -0.1) is 0 Å². The summed E-state index contributed by atoms with van der Waals surface area (Å²) in [5.74, 6) is 0. The van der Waals surface area contributed by atoms with Crippen molar-refractivity contribution >= 4 is 17.3 Å². The summed E-state index contributed by atoms with van der Waals surface area (Å²) in [6.07, 6.45) is 5.57. The first-order valence-corrected chi connectivity index (χ1v) is 6.36. The number of halogens is 1. The SMILES string of the molecule is Clc1ccc(-n2cccn2)c(NCc2ccc[nH]2)c1. The molecule has 0 fully saturated rings. The van der Waals surface area contributed by atoms with Gasteiger partial charge >= 0.3 is 0 Å². The van der Waals surface area contributed by atoms with E-state index in [1.165, 1.54) is 0 Å². The van der Waals surface area contributed by atoms with E-state index in [0.717, 1.165) is 17.1 Å². The molecule has 0 saturated heterocycles. The third-order valence-corrected chi connectivity index (χ3v) is 3.08. The van der Waals surface area contributed by atoms with Crippen molar-refractivity contribution < 1.29 is 0 Å². The lowest BCUT2D eigenvalue weighted by Gasteiger charge is -2.12. The summed E-state index contributed by atoms with van der Waals surface area (Å²) in [5.41, 5.74) is 3.04. The molecule has 3 rings (SSSR count). The van der Waals surface area contributed by atoms with Crippen LogP contribution in [0, 0.1) is 0 Å². The van der Waals surface area contributed by atoms with Gasteiger partial charge in [-0.2, -0.15) is 5.10 Å². The van der Waals surface area contributed by atoms with Gasteiger partial charge in [-0.3, -0.25) is 0 Å². The van der Waals surface area contributed by atoms with Crippen molar-refractivity contribution in [2.45, 2.75) is 6.54 Å². The third-order valence-electron chi connectivity index (χ3n) is 2.84. The van der Waals surface area contributed by atoms with Crippen LogP contribution in [0.3, 0.4) is 0 Å². The molecule has 0 aliphatic carbocycles. The Balaban J connectivity index is 1.88. The molecule has 0 amide bonds. The molecule has 0 unspecified atom stereocenters. The third kappa shape index (κ3) is 2.63. The van der Waals surface area contributed by atoms with Gasteiger partial charge in [-0.05, 0) is 36.4 Å². The van der Waals surface area contributed by atoms with E-state index < -0.39 is 0 Å². The van der Waals surface area contributed by atoms with Crippen LogP contribution < -0.4 is 5.32 Å². The Bertz CT molecular complexity index is 644. The zero-order valence-electron chi connectivity index (χ0n) is 10.2. The van der Waals surface area contributed by atoms with Gasteiger partial charge < -0.3 is 10.3 Å². The quantitative estimate of drug-likeness (QED) is 0.764. The van der Waals surface area contributed by atoms with E-state index in [1.54, 1.807) is 6.20 Å². The van der Waals surface area contributed by atoms with Crippen LogP contribution in [0.1, 0.15) is 5.69 Å². The molecule has 4 nitrogen and oxygen atoms in total. The lowest BCUT2D eigenvalue weighted by Crippen LogP contribution is -2.05. The van der Waals surface area contributed by atoms with Gasteiger partial charge in [0.05, 0.1) is 17.9 Å². The van der Waals surface area contributed by atoms with Crippen LogP contribution in [0.2, 0.25) is 5.02 Å². The molecule has 0 bridgehead atoms. The van der Waals surface area contributed by atoms with Crippen molar-refractivity contribution in [3.05, 3.63) is 65.7 Å². The number of H-pyrrole nitrogens is 1. The van der Waals surface area contributed by atoms with E-state index in [1.807, 2.05) is 53.5 Å². The van der Waals surface area contributed by atoms with Gasteiger partial charge in [-0.1, -0.05) is 11.6 Å². The molecule has 3 aromatic rings. The number of rotatable bonds is 4. The molecular weight excluding hydrogens is 260 g/mol. The van der Waals surface area contributed by atoms with Gasteiger partial charge in [0, 0.05) is 29.3 Å². The maximum Gasteiger partial charge on any atom is 0.0877 e. The first-order valence-electron chi connectivity index (χ1n) is 5.98. The smallest absolute Gasteiger partial charge is 0.0877 e. The Morgan fingerprint density at radius 1 is 1.26 bits per heavy atom. The van der Waals surface area contributed by atoms with E-state index in [4.69, 9.17) is 11.6 Å². The summed E-state index contributed by atoms with van der Waals surface area (Å²) in [6, 6.07) is 11.6. The van der Waals surface area contributed by atoms with E-state index in [2.05, 4.69) is 15.4 Å². The Kier molecular flexibility index (Phi) is 3.25. The van der Waals surface area contributed by atoms with Crippen molar-refractivity contribution in [1.82, 2.24) is 14.8 Å². The number of nitrogens with zero attached hydrogens (tertiary/aromatic N) is 2. The van der Waals surface area contributed by atoms with E-state index in [9.17, 15) is 0 Å². The molecular formula is C14H13ClN4. The molecule has 2 N–H and O–H groups in total. The zero-order valence-corrected chi connectivity index (χ0v) is 10.9. The Morgan fingerprint density at radius 2 is 2.21 bits per heavy atom. The van der Waals surface area contributed by atoms with E-state index in [-0.39, 0.29) is 0 Å². The summed E-state index contributed by atoms with van der Waals surface area (Å²) in [4.78, 5) is 3.16. The largest absolute Gasteiger partial charge is 0.378 e. The van der Waals surface area contributed by atoms with Gasteiger partial charge in [-0.25, -0.2) is 4.68 Å². The Hall–Kier alpha value is -2.20. The molecule has 0 atom stereocenters. The average molecular weight is 273 g/mol. The lowest BCUT2D eigenvalue weighted by atomic mass is 10.2. The van der Waals surface area contributed by atoms with E-state index >= 15 is 0 Å². The zero-order chi connectivity index (χ0) is 13.1. The van der Waals surface area contributed by atoms with Crippen LogP contribution in [0.5, 0.6) is 0 Å². The number of hydrogen-bond donors (Lipinski definition) is 2. The monoisotopic (exact) mass is 272 g/mol. The fourth-order valence-electron chi connectivity index (χ4n) is 1.93. The second kappa shape index (κ2) is 5.20. The Labute approximate surface area is 116 Å². The summed E-state index contributed by atoms with van der Waals surface area (Å²) in [5, 5.41) is 8.31. The number of anilines is 1. The van der Waals surface area contributed by atoms with E-state index in [0.29, 0.717) is 11.6 Å². The van der Waals surface area contributed by atoms with Crippen LogP contribution in [0.15, 0.2) is 55.0 Å². The minimum absolute atomic E-state index is 0.699. The molecule has 19 heavy (non-hydrogen) atoms. The molecule has 96 valence electrons. The van der Waals surface area contributed by atoms with Gasteiger partial charge in [0.25, 0.3) is 0 Å². The fourth-order valence-corrected chi connectivity index (χ4v) is 2.10. The molecule has 0 aliphatic heterocycles. The highest BCUT2D eigenvalue weighted by Crippen LogP contribution is 2.24. The van der Waals surface area contributed by atoms with Gasteiger partial charge in [0.15, 0.2) is 0 Å². The highest BCUT2D eigenvalue weighted by Gasteiger charge is 2.06. The van der Waals surface area contributed by atoms with Crippen LogP contribution in [0.25, 0.3) is 5.69 Å². The average Bonchev–Trinajstić information content (AvgIpc) is 3.10. The van der Waals surface area contributed by atoms with Gasteiger partial charge in [0.1, 0.15) is 0 Å². The second-order valence-corrected chi connectivity index (χ2v) is 4.60. The second-order valence-electron chi connectivity index (χ2n) is 4.16. The summed E-state index contributed by atoms with van der Waals surface area (Å²) < 4.78 is 1.81. The predicted molar refractivity (Wildman–Crippen MR) is 76.7 cm³/mol. The minimum Gasteiger partial charge on any atom is -0.378 e. The van der Waals surface area contributed by atoms with Crippen LogP contribution >= 0.6 is 11.6 Å². The summed E-state index contributed by atoms with van der Waals surface area (Å²) in [7, 11) is 0. The highest BCUT2D eigenvalue weighted by atomic mass is 35.5. The molecule has 0 aliphatic rings. The standard InChI is InChI=1S/C14H13ClN4/c15-11-4-5-14(19-8-2-7-18-19)13(9-11)17-10-12-3-1-6-16-12/h1-9,16-17H,10H2. The molecule has 0 spiro atoms. The lowest BCUT2D eigenvalue weighted by molar-refractivity contribution is 0.878. The first kappa shape index (κ1) is 11.9. The van der Waals surface area contributed by atoms with Crippen LogP contribution in [-0.4, -0.2) is 14.8 Å². The fraction of sp³-hybridized carbons (Fsp3) is 0.0714. The van der Waals surface area contributed by atoms with Gasteiger partial charge in [0.2, 0.25) is 0 Å². The molecule has 2 heterocycles. The number of hydrogen-bond acceptors (Lipinski definition) is 2. The van der Waals surface area contributed by atoms with Crippen LogP contribution in [-0.2, 0) is 6.54 Å². The number of benzene rings is 1. The first-order chi connectivity index (χ1) is 9.33. The Morgan fingerprint density at radius 3 is 2.95 bits per heavy atom. The molecule has 1 aromatic carbocycles. The van der Waals surface area contributed by atoms with Crippen molar-refractivity contribution in [3.63, 3.8) is 0 Å². The number of aromatic nitrogens is 3. The van der Waals surface area contributed by atoms with Crippen molar-refractivity contribution in [2.24, 2.45) is 0 Å². The maximum absolute atomic E-state index is 6.06. The topological polar surface area (TPSA) is 45.6 Å². The molecule has 0 saturated carbocycles. The number of nitrogens with one attached hydrogen (secondary N) is 2. The van der Waals surface area contributed by atoms with Crippen LogP contribution in [0.4, 0.5) is 5.69 Å². The van der Waals surface area contributed by atoms with Crippen molar-refractivity contribution in [1.29, 1.82) is 0 Å². The molecule has 5 heteroatoms. The summed E-state index contributed by atoms with van der Waals surface area (Å²) >= 11 is 6.06. The molecule has 0 radical (unpaired) electrons. The van der Waals surface area contributed by atoms with Crippen molar-refractivity contribution in [2.75, 3.05) is 5.32 Å².